The van der Waals surface area contributed by atoms with Crippen molar-refractivity contribution in [3.63, 3.8) is 0 Å². The number of hydrogen-bond donors (Lipinski definition) is 2. The van der Waals surface area contributed by atoms with Crippen molar-refractivity contribution in [3.05, 3.63) is 47.2 Å². The van der Waals surface area contributed by atoms with Crippen LogP contribution in [0, 0.1) is 5.92 Å². The van der Waals surface area contributed by atoms with Crippen molar-refractivity contribution in [2.45, 2.75) is 18.9 Å². The van der Waals surface area contributed by atoms with Gasteiger partial charge in [-0.05, 0) is 43.0 Å². The highest BCUT2D eigenvalue weighted by molar-refractivity contribution is 6.30. The first kappa shape index (κ1) is 16.8. The number of carbonyl (C=O) groups is 1. The van der Waals surface area contributed by atoms with Crippen LogP contribution in [-0.4, -0.2) is 28.3 Å². The zero-order valence-corrected chi connectivity index (χ0v) is 13.5. The Kier molecular flexibility index (Phi) is 5.45. The largest absolute Gasteiger partial charge is 0.346 e. The molecule has 22 heavy (non-hydrogen) atoms. The average molecular weight is 341 g/mol. The van der Waals surface area contributed by atoms with Crippen LogP contribution in [0.5, 0.6) is 0 Å². The van der Waals surface area contributed by atoms with Gasteiger partial charge >= 0.3 is 0 Å². The normalized spacial score (nSPS) is 15.0. The van der Waals surface area contributed by atoms with E-state index >= 15 is 0 Å². The van der Waals surface area contributed by atoms with Gasteiger partial charge in [0.15, 0.2) is 5.69 Å². The molecule has 0 aliphatic heterocycles. The van der Waals surface area contributed by atoms with Crippen molar-refractivity contribution >= 4 is 29.9 Å². The maximum atomic E-state index is 12.2. The molecule has 1 saturated carbocycles. The van der Waals surface area contributed by atoms with Crippen LogP contribution in [0.25, 0.3) is 5.69 Å². The molecule has 1 aliphatic carbocycles. The molecule has 2 aromatic rings. The van der Waals surface area contributed by atoms with Gasteiger partial charge in [0.1, 0.15) is 0 Å². The fourth-order valence-corrected chi connectivity index (χ4v) is 2.50. The maximum Gasteiger partial charge on any atom is 0.272 e. The number of aromatic nitrogens is 2. The lowest BCUT2D eigenvalue weighted by Gasteiger charge is -2.14. The van der Waals surface area contributed by atoms with E-state index in [0.717, 1.165) is 18.5 Å². The summed E-state index contributed by atoms with van der Waals surface area (Å²) in [6, 6.07) is 9.06. The molecular weight excluding hydrogens is 323 g/mol. The smallest absolute Gasteiger partial charge is 0.272 e. The topological polar surface area (TPSA) is 72.9 Å². The molecule has 1 aromatic heterocycles. The average Bonchev–Trinajstić information content (AvgIpc) is 3.20. The number of nitrogens with one attached hydrogen (secondary N) is 1. The van der Waals surface area contributed by atoms with Crippen LogP contribution in [0.4, 0.5) is 0 Å². The first-order valence-electron chi connectivity index (χ1n) is 7.00. The molecule has 1 aromatic carbocycles. The Morgan fingerprint density at radius 2 is 2.23 bits per heavy atom. The van der Waals surface area contributed by atoms with E-state index in [1.807, 2.05) is 12.1 Å². The molecule has 1 amide bonds. The molecule has 118 valence electrons. The van der Waals surface area contributed by atoms with Gasteiger partial charge in [-0.2, -0.15) is 5.10 Å². The lowest BCUT2D eigenvalue weighted by atomic mass is 10.2. The van der Waals surface area contributed by atoms with E-state index in [9.17, 15) is 4.79 Å². The van der Waals surface area contributed by atoms with Gasteiger partial charge in [-0.25, -0.2) is 4.68 Å². The van der Waals surface area contributed by atoms with Gasteiger partial charge < -0.3 is 11.1 Å². The lowest BCUT2D eigenvalue weighted by Crippen LogP contribution is -2.41. The molecule has 1 aliphatic rings. The SMILES string of the molecule is Cl.NCC(NC(=O)c1ccn(-c2cccc(Cl)c2)n1)C1CC1. The monoisotopic (exact) mass is 340 g/mol. The van der Waals surface area contributed by atoms with Crippen LogP contribution < -0.4 is 11.1 Å². The van der Waals surface area contributed by atoms with Crippen LogP contribution >= 0.6 is 24.0 Å². The molecule has 1 heterocycles. The summed E-state index contributed by atoms with van der Waals surface area (Å²) in [5.74, 6) is 0.340. The Bertz CT molecular complexity index is 654. The Morgan fingerprint density at radius 3 is 2.86 bits per heavy atom. The standard InChI is InChI=1S/C15H17ClN4O.ClH/c16-11-2-1-3-12(8-11)20-7-6-13(19-20)15(21)18-14(9-17)10-4-5-10;/h1-3,6-8,10,14H,4-5,9,17H2,(H,18,21);1H. The molecule has 0 saturated heterocycles. The summed E-state index contributed by atoms with van der Waals surface area (Å²) < 4.78 is 1.63. The summed E-state index contributed by atoms with van der Waals surface area (Å²) in [6.07, 6.45) is 4.02. The Labute approximate surface area is 140 Å². The highest BCUT2D eigenvalue weighted by Crippen LogP contribution is 2.32. The quantitative estimate of drug-likeness (QED) is 0.877. The van der Waals surface area contributed by atoms with Crippen molar-refractivity contribution in [2.75, 3.05) is 6.54 Å². The Morgan fingerprint density at radius 1 is 1.45 bits per heavy atom. The van der Waals surface area contributed by atoms with E-state index in [1.165, 1.54) is 0 Å². The zero-order valence-electron chi connectivity index (χ0n) is 11.9. The fraction of sp³-hybridized carbons (Fsp3) is 0.333. The van der Waals surface area contributed by atoms with Crippen LogP contribution in [0.3, 0.4) is 0 Å². The van der Waals surface area contributed by atoms with Crippen molar-refractivity contribution in [3.8, 4) is 5.69 Å². The Hall–Kier alpha value is -1.56. The summed E-state index contributed by atoms with van der Waals surface area (Å²) >= 11 is 5.96. The van der Waals surface area contributed by atoms with Crippen molar-refractivity contribution in [1.82, 2.24) is 15.1 Å². The predicted molar refractivity (Wildman–Crippen MR) is 88.9 cm³/mol. The minimum Gasteiger partial charge on any atom is -0.346 e. The van der Waals surface area contributed by atoms with E-state index in [2.05, 4.69) is 10.4 Å². The van der Waals surface area contributed by atoms with E-state index in [4.69, 9.17) is 17.3 Å². The third-order valence-corrected chi connectivity index (χ3v) is 3.89. The number of carbonyl (C=O) groups excluding carboxylic acids is 1. The summed E-state index contributed by atoms with van der Waals surface area (Å²) in [6.45, 7) is 0.464. The zero-order chi connectivity index (χ0) is 14.8. The summed E-state index contributed by atoms with van der Waals surface area (Å²) in [5, 5.41) is 7.88. The van der Waals surface area contributed by atoms with Crippen LogP contribution in [0.1, 0.15) is 23.3 Å². The van der Waals surface area contributed by atoms with Gasteiger partial charge in [-0.3, -0.25) is 4.79 Å². The fourth-order valence-electron chi connectivity index (χ4n) is 2.32. The Balaban J connectivity index is 0.00000176. The molecule has 0 bridgehead atoms. The molecule has 0 radical (unpaired) electrons. The highest BCUT2D eigenvalue weighted by atomic mass is 35.5. The lowest BCUT2D eigenvalue weighted by molar-refractivity contribution is 0.0928. The first-order valence-corrected chi connectivity index (χ1v) is 7.37. The molecular formula is C15H18Cl2N4O. The van der Waals surface area contributed by atoms with Crippen LogP contribution in [0.15, 0.2) is 36.5 Å². The molecule has 1 fully saturated rings. The first-order chi connectivity index (χ1) is 10.2. The molecule has 0 spiro atoms. The highest BCUT2D eigenvalue weighted by Gasteiger charge is 2.31. The van der Waals surface area contributed by atoms with Crippen LogP contribution in [-0.2, 0) is 0 Å². The molecule has 7 heteroatoms. The third-order valence-electron chi connectivity index (χ3n) is 3.66. The van der Waals surface area contributed by atoms with Gasteiger partial charge in [0.25, 0.3) is 5.91 Å². The number of halogens is 2. The van der Waals surface area contributed by atoms with Crippen molar-refractivity contribution in [2.24, 2.45) is 11.7 Å². The minimum atomic E-state index is -0.182. The second-order valence-electron chi connectivity index (χ2n) is 5.28. The van der Waals surface area contributed by atoms with Crippen molar-refractivity contribution < 1.29 is 4.79 Å². The van der Waals surface area contributed by atoms with E-state index in [-0.39, 0.29) is 24.4 Å². The predicted octanol–water partition coefficient (Wildman–Crippen LogP) is 2.41. The number of hydrogen-bond acceptors (Lipinski definition) is 3. The molecule has 1 unspecified atom stereocenters. The molecule has 1 atom stereocenters. The van der Waals surface area contributed by atoms with Crippen LogP contribution in [0.2, 0.25) is 5.02 Å². The second-order valence-corrected chi connectivity index (χ2v) is 5.71. The van der Waals surface area contributed by atoms with Crippen molar-refractivity contribution in [1.29, 1.82) is 0 Å². The van der Waals surface area contributed by atoms with Gasteiger partial charge in [-0.15, -0.1) is 12.4 Å². The molecule has 3 rings (SSSR count). The maximum absolute atomic E-state index is 12.2. The van der Waals surface area contributed by atoms with Gasteiger partial charge in [0, 0.05) is 23.8 Å². The van der Waals surface area contributed by atoms with Gasteiger partial charge in [0.05, 0.1) is 5.69 Å². The second kappa shape index (κ2) is 7.13. The summed E-state index contributed by atoms with van der Waals surface area (Å²) in [7, 11) is 0. The number of nitrogens with zero attached hydrogens (tertiary/aromatic N) is 2. The number of benzene rings is 1. The number of amides is 1. The molecule has 3 N–H and O–H groups in total. The van der Waals surface area contributed by atoms with E-state index in [0.29, 0.717) is 23.2 Å². The minimum absolute atomic E-state index is 0. The summed E-state index contributed by atoms with van der Waals surface area (Å²) in [5.41, 5.74) is 6.90. The summed E-state index contributed by atoms with van der Waals surface area (Å²) in [4.78, 5) is 12.2. The van der Waals surface area contributed by atoms with Gasteiger partial charge in [-0.1, -0.05) is 17.7 Å². The van der Waals surface area contributed by atoms with E-state index in [1.54, 1.807) is 29.1 Å². The number of rotatable bonds is 5. The van der Waals surface area contributed by atoms with E-state index < -0.39 is 0 Å². The number of nitrogens with two attached hydrogens (primary N) is 1. The molecule has 5 nitrogen and oxygen atoms in total. The van der Waals surface area contributed by atoms with Gasteiger partial charge in [0.2, 0.25) is 0 Å². The third kappa shape index (κ3) is 3.80.